The van der Waals surface area contributed by atoms with E-state index in [1.165, 1.54) is 24.0 Å². The number of carbonyl (C=O) groups is 1. The first-order valence-corrected chi connectivity index (χ1v) is 9.37. The molecule has 1 N–H and O–H groups in total. The van der Waals surface area contributed by atoms with Crippen molar-refractivity contribution in [2.75, 3.05) is 20.8 Å². The van der Waals surface area contributed by atoms with Gasteiger partial charge in [0.2, 0.25) is 0 Å². The summed E-state index contributed by atoms with van der Waals surface area (Å²) in [5, 5.41) is 2.97. The third-order valence-corrected chi connectivity index (χ3v) is 4.99. The number of hydrogen-bond acceptors (Lipinski definition) is 4. The molecule has 2 aromatic rings. The number of nitrogens with one attached hydrogen (secondary N) is 1. The van der Waals surface area contributed by atoms with Gasteiger partial charge in [-0.15, -0.1) is 0 Å². The van der Waals surface area contributed by atoms with Gasteiger partial charge in [0.15, 0.2) is 6.61 Å². The van der Waals surface area contributed by atoms with Crippen molar-refractivity contribution in [2.45, 2.75) is 38.6 Å². The second-order valence-electron chi connectivity index (χ2n) is 6.79. The number of amides is 1. The van der Waals surface area contributed by atoms with Gasteiger partial charge in [0.25, 0.3) is 5.91 Å². The maximum atomic E-state index is 12.4. The van der Waals surface area contributed by atoms with Gasteiger partial charge >= 0.3 is 0 Å². The Kier molecular flexibility index (Phi) is 6.22. The Hall–Kier alpha value is -2.69. The predicted octanol–water partition coefficient (Wildman–Crippen LogP) is 3.84. The zero-order chi connectivity index (χ0) is 19.2. The van der Waals surface area contributed by atoms with E-state index in [1.807, 2.05) is 37.3 Å². The van der Waals surface area contributed by atoms with Gasteiger partial charge < -0.3 is 19.5 Å². The van der Waals surface area contributed by atoms with Crippen molar-refractivity contribution in [3.63, 3.8) is 0 Å². The highest BCUT2D eigenvalue weighted by molar-refractivity contribution is 5.78. The second kappa shape index (κ2) is 8.80. The summed E-state index contributed by atoms with van der Waals surface area (Å²) in [4.78, 5) is 12.4. The van der Waals surface area contributed by atoms with Crippen molar-refractivity contribution in [3.8, 4) is 17.2 Å². The number of rotatable bonds is 7. The maximum Gasteiger partial charge on any atom is 0.258 e. The lowest BCUT2D eigenvalue weighted by molar-refractivity contribution is -0.123. The first-order valence-electron chi connectivity index (χ1n) is 9.37. The Morgan fingerprint density at radius 1 is 1.07 bits per heavy atom. The van der Waals surface area contributed by atoms with Crippen molar-refractivity contribution in [1.29, 1.82) is 0 Å². The number of methoxy groups -OCH3 is 2. The van der Waals surface area contributed by atoms with Crippen molar-refractivity contribution >= 4 is 5.91 Å². The number of hydrogen-bond donors (Lipinski definition) is 1. The lowest BCUT2D eigenvalue weighted by Gasteiger charge is -2.20. The molecule has 0 heterocycles. The van der Waals surface area contributed by atoms with E-state index in [1.54, 1.807) is 14.2 Å². The summed E-state index contributed by atoms with van der Waals surface area (Å²) in [6.45, 7) is 1.91. The molecule has 0 spiro atoms. The van der Waals surface area contributed by atoms with Crippen LogP contribution in [-0.2, 0) is 17.6 Å². The largest absolute Gasteiger partial charge is 0.497 e. The Bertz CT molecular complexity index is 803. The van der Waals surface area contributed by atoms with Crippen LogP contribution >= 0.6 is 0 Å². The molecule has 1 atom stereocenters. The maximum absolute atomic E-state index is 12.4. The molecule has 1 aliphatic carbocycles. The molecular formula is C22H27NO4. The summed E-state index contributed by atoms with van der Waals surface area (Å²) < 4.78 is 16.5. The monoisotopic (exact) mass is 369 g/mol. The first-order chi connectivity index (χ1) is 13.1. The summed E-state index contributed by atoms with van der Waals surface area (Å²) in [7, 11) is 3.23. The van der Waals surface area contributed by atoms with Crippen molar-refractivity contribution < 1.29 is 19.0 Å². The molecule has 0 aliphatic heterocycles. The van der Waals surface area contributed by atoms with Gasteiger partial charge in [0, 0.05) is 5.56 Å². The normalized spacial score (nSPS) is 14.0. The molecule has 0 saturated carbocycles. The number of fused-ring (bicyclic) bond motifs is 1. The van der Waals surface area contributed by atoms with Crippen LogP contribution in [0.2, 0.25) is 0 Å². The van der Waals surface area contributed by atoms with E-state index in [9.17, 15) is 4.79 Å². The van der Waals surface area contributed by atoms with Crippen molar-refractivity contribution in [1.82, 2.24) is 5.32 Å². The molecule has 0 unspecified atom stereocenters. The fourth-order valence-corrected chi connectivity index (χ4v) is 3.56. The summed E-state index contributed by atoms with van der Waals surface area (Å²) in [6.07, 6.45) is 4.50. The molecule has 144 valence electrons. The quantitative estimate of drug-likeness (QED) is 0.806. The average molecular weight is 369 g/mol. The fraction of sp³-hybridized carbons (Fsp3) is 0.409. The third-order valence-electron chi connectivity index (χ3n) is 4.99. The molecule has 0 aromatic heterocycles. The number of benzene rings is 2. The van der Waals surface area contributed by atoms with Crippen LogP contribution in [0.15, 0.2) is 36.4 Å². The zero-order valence-electron chi connectivity index (χ0n) is 16.2. The zero-order valence-corrected chi connectivity index (χ0v) is 16.2. The molecule has 5 heteroatoms. The van der Waals surface area contributed by atoms with E-state index in [2.05, 4.69) is 11.4 Å². The van der Waals surface area contributed by atoms with E-state index >= 15 is 0 Å². The molecule has 3 rings (SSSR count). The molecule has 0 fully saturated rings. The number of ether oxygens (including phenoxy) is 3. The molecule has 5 nitrogen and oxygen atoms in total. The smallest absolute Gasteiger partial charge is 0.258 e. The molecule has 27 heavy (non-hydrogen) atoms. The Morgan fingerprint density at radius 3 is 2.67 bits per heavy atom. The highest BCUT2D eigenvalue weighted by Gasteiger charge is 2.17. The van der Waals surface area contributed by atoms with Crippen LogP contribution in [0.1, 0.15) is 42.5 Å². The van der Waals surface area contributed by atoms with Crippen molar-refractivity contribution in [2.24, 2.45) is 0 Å². The van der Waals surface area contributed by atoms with Crippen LogP contribution in [-0.4, -0.2) is 26.7 Å². The van der Waals surface area contributed by atoms with Crippen molar-refractivity contribution in [3.05, 3.63) is 53.1 Å². The summed E-state index contributed by atoms with van der Waals surface area (Å²) in [5.41, 5.74) is 3.45. The average Bonchev–Trinajstić information content (AvgIpc) is 2.71. The minimum absolute atomic E-state index is 0.00687. The van der Waals surface area contributed by atoms with Crippen LogP contribution in [0, 0.1) is 0 Å². The topological polar surface area (TPSA) is 56.8 Å². The molecular weight excluding hydrogens is 342 g/mol. The Morgan fingerprint density at radius 2 is 1.89 bits per heavy atom. The van der Waals surface area contributed by atoms with Gasteiger partial charge in [-0.2, -0.15) is 0 Å². The highest BCUT2D eigenvalue weighted by Crippen LogP contribution is 2.30. The number of carbonyl (C=O) groups excluding carboxylic acids is 1. The molecule has 0 radical (unpaired) electrons. The van der Waals surface area contributed by atoms with E-state index in [4.69, 9.17) is 14.2 Å². The van der Waals surface area contributed by atoms with E-state index in [0.29, 0.717) is 5.75 Å². The van der Waals surface area contributed by atoms with Gasteiger partial charge in [-0.1, -0.05) is 12.1 Å². The molecule has 2 aromatic carbocycles. The highest BCUT2D eigenvalue weighted by atomic mass is 16.5. The lowest BCUT2D eigenvalue weighted by atomic mass is 9.91. The molecule has 0 bridgehead atoms. The van der Waals surface area contributed by atoms with Crippen LogP contribution in [0.25, 0.3) is 0 Å². The minimum Gasteiger partial charge on any atom is -0.497 e. The van der Waals surface area contributed by atoms with E-state index in [-0.39, 0.29) is 18.6 Å². The number of aryl methyl sites for hydroxylation is 1. The predicted molar refractivity (Wildman–Crippen MR) is 105 cm³/mol. The third kappa shape index (κ3) is 4.54. The van der Waals surface area contributed by atoms with Crippen LogP contribution in [0.3, 0.4) is 0 Å². The fourth-order valence-electron chi connectivity index (χ4n) is 3.56. The summed E-state index contributed by atoms with van der Waals surface area (Å²) >= 11 is 0. The van der Waals surface area contributed by atoms with Crippen LogP contribution in [0.4, 0.5) is 0 Å². The lowest BCUT2D eigenvalue weighted by Crippen LogP contribution is -2.31. The first kappa shape index (κ1) is 19.1. The second-order valence-corrected chi connectivity index (χ2v) is 6.79. The van der Waals surface area contributed by atoms with Gasteiger partial charge in [0.1, 0.15) is 17.2 Å². The van der Waals surface area contributed by atoms with Gasteiger partial charge in [-0.3, -0.25) is 4.79 Å². The van der Waals surface area contributed by atoms with Gasteiger partial charge in [0.05, 0.1) is 20.3 Å². The van der Waals surface area contributed by atoms with Crippen LogP contribution < -0.4 is 19.5 Å². The molecule has 0 saturated heterocycles. The van der Waals surface area contributed by atoms with Gasteiger partial charge in [-0.05, 0) is 68.0 Å². The molecule has 1 aliphatic rings. The summed E-state index contributed by atoms with van der Waals surface area (Å²) in [5.74, 6) is 2.09. The van der Waals surface area contributed by atoms with Crippen LogP contribution in [0.5, 0.6) is 17.2 Å². The standard InChI is InChI=1S/C22H27NO4/c1-15(19-13-17(25-2)11-12-20(19)26-3)23-22(24)14-27-21-10-6-8-16-7-4-5-9-18(16)21/h6,8,10-13,15H,4-5,7,9,14H2,1-3H3,(H,23,24)/t15-/m1/s1. The van der Waals surface area contributed by atoms with Gasteiger partial charge in [-0.25, -0.2) is 0 Å². The molecule has 1 amide bonds. The Balaban J connectivity index is 1.63. The SMILES string of the molecule is COc1ccc(OC)c([C@@H](C)NC(=O)COc2cccc3c2CCCC3)c1. The van der Waals surface area contributed by atoms with E-state index in [0.717, 1.165) is 29.9 Å². The minimum atomic E-state index is -0.226. The summed E-state index contributed by atoms with van der Waals surface area (Å²) in [6, 6.07) is 11.4. The van der Waals surface area contributed by atoms with E-state index < -0.39 is 0 Å². The Labute approximate surface area is 160 Å².